The summed E-state index contributed by atoms with van der Waals surface area (Å²) in [4.78, 5) is 15.2. The highest BCUT2D eigenvalue weighted by Crippen LogP contribution is 2.14. The van der Waals surface area contributed by atoms with E-state index in [-0.39, 0.29) is 22.5 Å². The third-order valence-electron chi connectivity index (χ3n) is 2.35. The van der Waals surface area contributed by atoms with E-state index in [1.54, 1.807) is 0 Å². The van der Waals surface area contributed by atoms with Gasteiger partial charge in [0.1, 0.15) is 10.0 Å². The van der Waals surface area contributed by atoms with Gasteiger partial charge in [0, 0.05) is 19.8 Å². The maximum Gasteiger partial charge on any atom is 0.244 e. The summed E-state index contributed by atoms with van der Waals surface area (Å²) >= 11 is 5.60. The van der Waals surface area contributed by atoms with Crippen LogP contribution in [0.4, 0.5) is 0 Å². The Bertz CT molecular complexity index is 531. The summed E-state index contributed by atoms with van der Waals surface area (Å²) < 4.78 is 25.2. The highest BCUT2D eigenvalue weighted by Gasteiger charge is 2.23. The Morgan fingerprint density at radius 3 is 2.68 bits per heavy atom. The number of likely N-dealkylation sites (N-methyl/N-ethyl adjacent to an activating group) is 1. The maximum absolute atomic E-state index is 12.1. The van der Waals surface area contributed by atoms with Gasteiger partial charge in [-0.05, 0) is 18.6 Å². The molecule has 1 heterocycles. The monoisotopic (exact) mass is 305 g/mol. The minimum atomic E-state index is -3.72. The van der Waals surface area contributed by atoms with Crippen molar-refractivity contribution in [3.63, 3.8) is 0 Å². The van der Waals surface area contributed by atoms with Crippen molar-refractivity contribution in [3.8, 4) is 0 Å². The van der Waals surface area contributed by atoms with Gasteiger partial charge < -0.3 is 5.32 Å². The lowest BCUT2D eigenvalue weighted by Crippen LogP contribution is -2.38. The van der Waals surface area contributed by atoms with Crippen LogP contribution in [0, 0.1) is 0 Å². The normalized spacial score (nSPS) is 11.6. The van der Waals surface area contributed by atoms with Gasteiger partial charge in [-0.1, -0.05) is 18.5 Å². The molecule has 0 unspecified atom stereocenters. The van der Waals surface area contributed by atoms with Gasteiger partial charge in [0.15, 0.2) is 0 Å². The number of carbonyl (C=O) groups excluding carboxylic acids is 1. The van der Waals surface area contributed by atoms with Crippen LogP contribution >= 0.6 is 11.6 Å². The number of amides is 1. The van der Waals surface area contributed by atoms with E-state index in [0.717, 1.165) is 16.9 Å². The molecule has 0 aliphatic heterocycles. The first kappa shape index (κ1) is 15.9. The smallest absolute Gasteiger partial charge is 0.244 e. The van der Waals surface area contributed by atoms with Crippen LogP contribution in [0.3, 0.4) is 0 Å². The first-order valence-corrected chi connectivity index (χ1v) is 7.54. The molecule has 0 aliphatic rings. The van der Waals surface area contributed by atoms with Crippen molar-refractivity contribution in [2.75, 3.05) is 20.1 Å². The zero-order chi connectivity index (χ0) is 14.5. The van der Waals surface area contributed by atoms with Crippen molar-refractivity contribution in [1.82, 2.24) is 14.6 Å². The molecular weight excluding hydrogens is 290 g/mol. The lowest BCUT2D eigenvalue weighted by Gasteiger charge is -2.16. The molecule has 0 aromatic carbocycles. The Morgan fingerprint density at radius 1 is 1.47 bits per heavy atom. The Kier molecular flexibility index (Phi) is 5.71. The van der Waals surface area contributed by atoms with Crippen LogP contribution in [0.1, 0.15) is 13.3 Å². The van der Waals surface area contributed by atoms with Gasteiger partial charge in [0.2, 0.25) is 15.9 Å². The fourth-order valence-electron chi connectivity index (χ4n) is 1.30. The molecule has 1 aromatic heterocycles. The van der Waals surface area contributed by atoms with Gasteiger partial charge in [0.05, 0.1) is 6.54 Å². The Morgan fingerprint density at radius 2 is 2.16 bits per heavy atom. The van der Waals surface area contributed by atoms with E-state index < -0.39 is 10.0 Å². The van der Waals surface area contributed by atoms with E-state index in [0.29, 0.717) is 6.54 Å². The molecule has 0 saturated heterocycles. The number of carbonyl (C=O) groups is 1. The molecular formula is C11H16ClN3O3S. The number of hydrogen-bond acceptors (Lipinski definition) is 4. The lowest BCUT2D eigenvalue weighted by atomic mass is 10.4. The molecule has 0 saturated carbocycles. The fourth-order valence-corrected chi connectivity index (χ4v) is 2.49. The molecule has 0 radical (unpaired) electrons. The predicted octanol–water partition coefficient (Wildman–Crippen LogP) is 0.882. The zero-order valence-corrected chi connectivity index (χ0v) is 12.3. The highest BCUT2D eigenvalue weighted by atomic mass is 35.5. The standard InChI is InChI=1S/C11H16ClN3O3S/c1-3-6-13-11(16)8-15(2)19(17,18)9-4-5-10(12)14-7-9/h4-5,7H,3,6,8H2,1-2H3,(H,13,16). The second kappa shape index (κ2) is 6.83. The number of rotatable bonds is 6. The van der Waals surface area contributed by atoms with Crippen LogP contribution in [-0.2, 0) is 14.8 Å². The molecule has 19 heavy (non-hydrogen) atoms. The Balaban J connectivity index is 2.77. The number of nitrogens with zero attached hydrogens (tertiary/aromatic N) is 2. The third-order valence-corrected chi connectivity index (χ3v) is 4.36. The fraction of sp³-hybridized carbons (Fsp3) is 0.455. The van der Waals surface area contributed by atoms with Crippen molar-refractivity contribution in [2.45, 2.75) is 18.2 Å². The molecule has 0 aliphatic carbocycles. The Hall–Kier alpha value is -1.18. The van der Waals surface area contributed by atoms with E-state index in [2.05, 4.69) is 10.3 Å². The minimum absolute atomic E-state index is 0.00249. The first-order valence-electron chi connectivity index (χ1n) is 5.72. The van der Waals surface area contributed by atoms with Crippen LogP contribution in [0.25, 0.3) is 0 Å². The van der Waals surface area contributed by atoms with Gasteiger partial charge in [-0.2, -0.15) is 4.31 Å². The number of sulfonamides is 1. The van der Waals surface area contributed by atoms with E-state index in [4.69, 9.17) is 11.6 Å². The van der Waals surface area contributed by atoms with Crippen LogP contribution in [0.5, 0.6) is 0 Å². The summed E-state index contributed by atoms with van der Waals surface area (Å²) in [6.07, 6.45) is 1.96. The van der Waals surface area contributed by atoms with E-state index in [1.165, 1.54) is 19.2 Å². The Labute approximate surface area is 117 Å². The van der Waals surface area contributed by atoms with Crippen LogP contribution in [-0.4, -0.2) is 43.8 Å². The first-order chi connectivity index (χ1) is 8.87. The van der Waals surface area contributed by atoms with Crippen LogP contribution in [0.2, 0.25) is 5.15 Å². The number of aromatic nitrogens is 1. The molecule has 6 nitrogen and oxygen atoms in total. The summed E-state index contributed by atoms with van der Waals surface area (Å²) in [5.74, 6) is -0.338. The van der Waals surface area contributed by atoms with Gasteiger partial charge in [0.25, 0.3) is 0 Å². The van der Waals surface area contributed by atoms with Crippen molar-refractivity contribution < 1.29 is 13.2 Å². The zero-order valence-electron chi connectivity index (χ0n) is 10.8. The summed E-state index contributed by atoms with van der Waals surface area (Å²) in [6, 6.07) is 2.74. The van der Waals surface area contributed by atoms with Crippen molar-refractivity contribution >= 4 is 27.5 Å². The van der Waals surface area contributed by atoms with Gasteiger partial charge in [-0.3, -0.25) is 4.79 Å². The maximum atomic E-state index is 12.1. The van der Waals surface area contributed by atoms with E-state index in [9.17, 15) is 13.2 Å². The molecule has 0 fully saturated rings. The number of pyridine rings is 1. The number of hydrogen-bond donors (Lipinski definition) is 1. The van der Waals surface area contributed by atoms with Crippen molar-refractivity contribution in [1.29, 1.82) is 0 Å². The predicted molar refractivity (Wildman–Crippen MR) is 72.4 cm³/mol. The van der Waals surface area contributed by atoms with Gasteiger partial charge in [-0.15, -0.1) is 0 Å². The molecule has 8 heteroatoms. The highest BCUT2D eigenvalue weighted by molar-refractivity contribution is 7.89. The second-order valence-electron chi connectivity index (χ2n) is 3.93. The molecule has 1 aromatic rings. The van der Waals surface area contributed by atoms with Gasteiger partial charge in [-0.25, -0.2) is 13.4 Å². The molecule has 1 amide bonds. The molecule has 0 bridgehead atoms. The van der Waals surface area contributed by atoms with Gasteiger partial charge >= 0.3 is 0 Å². The second-order valence-corrected chi connectivity index (χ2v) is 6.36. The average Bonchev–Trinajstić information content (AvgIpc) is 2.36. The number of halogens is 1. The largest absolute Gasteiger partial charge is 0.355 e. The summed E-state index contributed by atoms with van der Waals surface area (Å²) in [5.41, 5.74) is 0. The molecule has 0 spiro atoms. The molecule has 0 atom stereocenters. The minimum Gasteiger partial charge on any atom is -0.355 e. The SMILES string of the molecule is CCCNC(=O)CN(C)S(=O)(=O)c1ccc(Cl)nc1. The lowest BCUT2D eigenvalue weighted by molar-refractivity contribution is -0.121. The van der Waals surface area contributed by atoms with E-state index in [1.807, 2.05) is 6.92 Å². The van der Waals surface area contributed by atoms with Crippen molar-refractivity contribution in [3.05, 3.63) is 23.5 Å². The van der Waals surface area contributed by atoms with Crippen LogP contribution in [0.15, 0.2) is 23.2 Å². The number of nitrogens with one attached hydrogen (secondary N) is 1. The third kappa shape index (κ3) is 4.45. The van der Waals surface area contributed by atoms with E-state index >= 15 is 0 Å². The summed E-state index contributed by atoms with van der Waals surface area (Å²) in [5, 5.41) is 2.82. The quantitative estimate of drug-likeness (QED) is 0.791. The molecule has 1 N–H and O–H groups in total. The van der Waals surface area contributed by atoms with Crippen molar-refractivity contribution in [2.24, 2.45) is 0 Å². The summed E-state index contributed by atoms with van der Waals surface area (Å²) in [7, 11) is -2.38. The topological polar surface area (TPSA) is 79.4 Å². The molecule has 1 rings (SSSR count). The summed E-state index contributed by atoms with van der Waals surface area (Å²) in [6.45, 7) is 2.21. The van der Waals surface area contributed by atoms with Crippen LogP contribution < -0.4 is 5.32 Å². The average molecular weight is 306 g/mol. The molecule has 106 valence electrons.